The van der Waals surface area contributed by atoms with Gasteiger partial charge in [0.2, 0.25) is 11.8 Å². The van der Waals surface area contributed by atoms with Crippen LogP contribution in [-0.2, 0) is 4.79 Å². The maximum atomic E-state index is 11.4. The first-order chi connectivity index (χ1) is 7.70. The number of ether oxygens (including phenoxy) is 1. The molecule has 2 heterocycles. The Bertz CT molecular complexity index is 395. The lowest BCUT2D eigenvalue weighted by atomic mass is 9.99. The van der Waals surface area contributed by atoms with E-state index in [0.29, 0.717) is 37.1 Å². The van der Waals surface area contributed by atoms with Crippen LogP contribution in [0, 0.1) is 5.92 Å². The number of carbonyl (C=O) groups excluding carboxylic acids is 1. The smallest absolute Gasteiger partial charge is 0.228 e. The largest absolute Gasteiger partial charge is 0.481 e. The Labute approximate surface area is 94.5 Å². The van der Waals surface area contributed by atoms with Gasteiger partial charge in [-0.2, -0.15) is 4.98 Å². The predicted molar refractivity (Wildman–Crippen MR) is 59.6 cm³/mol. The van der Waals surface area contributed by atoms with E-state index in [0.717, 1.165) is 0 Å². The van der Waals surface area contributed by atoms with Crippen molar-refractivity contribution < 1.29 is 9.53 Å². The van der Waals surface area contributed by atoms with E-state index < -0.39 is 0 Å². The molecule has 0 spiro atoms. The molecule has 86 valence electrons. The highest BCUT2D eigenvalue weighted by molar-refractivity contribution is 5.83. The molecule has 0 aromatic carbocycles. The first kappa shape index (κ1) is 10.9. The summed E-state index contributed by atoms with van der Waals surface area (Å²) in [4.78, 5) is 21.9. The topological polar surface area (TPSA) is 55.3 Å². The zero-order chi connectivity index (χ0) is 11.5. The van der Waals surface area contributed by atoms with Crippen LogP contribution in [-0.4, -0.2) is 36.0 Å². The average Bonchev–Trinajstić information content (AvgIpc) is 2.33. The SMILES string of the molecule is COc1ccnc(N2CCC(=O)C(C)C2)n1. The molecule has 1 aromatic rings. The van der Waals surface area contributed by atoms with E-state index in [1.54, 1.807) is 19.4 Å². The number of piperidine rings is 1. The molecular formula is C11H15N3O2. The highest BCUT2D eigenvalue weighted by atomic mass is 16.5. The van der Waals surface area contributed by atoms with Gasteiger partial charge in [0, 0.05) is 37.7 Å². The van der Waals surface area contributed by atoms with Crippen LogP contribution in [0.15, 0.2) is 12.3 Å². The molecule has 1 atom stereocenters. The Kier molecular flexibility index (Phi) is 3.03. The van der Waals surface area contributed by atoms with Crippen molar-refractivity contribution >= 4 is 11.7 Å². The van der Waals surface area contributed by atoms with E-state index in [2.05, 4.69) is 9.97 Å². The van der Waals surface area contributed by atoms with Crippen LogP contribution in [0.4, 0.5) is 5.95 Å². The molecule has 0 bridgehead atoms. The van der Waals surface area contributed by atoms with E-state index >= 15 is 0 Å². The standard InChI is InChI=1S/C11H15N3O2/c1-8-7-14(6-4-9(8)15)11-12-5-3-10(13-11)16-2/h3,5,8H,4,6-7H2,1-2H3. The van der Waals surface area contributed by atoms with Crippen molar-refractivity contribution in [3.8, 4) is 5.88 Å². The van der Waals surface area contributed by atoms with Gasteiger partial charge in [-0.3, -0.25) is 4.79 Å². The molecule has 16 heavy (non-hydrogen) atoms. The molecule has 0 N–H and O–H groups in total. The molecule has 2 rings (SSSR count). The van der Waals surface area contributed by atoms with Crippen LogP contribution in [0.2, 0.25) is 0 Å². The lowest BCUT2D eigenvalue weighted by Crippen LogP contribution is -2.40. The maximum absolute atomic E-state index is 11.4. The van der Waals surface area contributed by atoms with E-state index in [4.69, 9.17) is 4.74 Å². The molecular weight excluding hydrogens is 206 g/mol. The number of nitrogens with zero attached hydrogens (tertiary/aromatic N) is 3. The molecule has 1 fully saturated rings. The fourth-order valence-corrected chi connectivity index (χ4v) is 1.80. The fourth-order valence-electron chi connectivity index (χ4n) is 1.80. The number of ketones is 1. The molecule has 1 unspecified atom stereocenters. The molecule has 1 aliphatic heterocycles. The highest BCUT2D eigenvalue weighted by Gasteiger charge is 2.25. The van der Waals surface area contributed by atoms with Crippen LogP contribution in [0.3, 0.4) is 0 Å². The van der Waals surface area contributed by atoms with Crippen LogP contribution in [0.25, 0.3) is 0 Å². The summed E-state index contributed by atoms with van der Waals surface area (Å²) in [6.45, 7) is 3.32. The summed E-state index contributed by atoms with van der Waals surface area (Å²) in [7, 11) is 1.58. The number of anilines is 1. The second-order valence-corrected chi connectivity index (χ2v) is 3.96. The number of methoxy groups -OCH3 is 1. The first-order valence-electron chi connectivity index (χ1n) is 5.35. The second-order valence-electron chi connectivity index (χ2n) is 3.96. The van der Waals surface area contributed by atoms with Gasteiger partial charge in [0.05, 0.1) is 7.11 Å². The van der Waals surface area contributed by atoms with Crippen molar-refractivity contribution in [2.45, 2.75) is 13.3 Å². The summed E-state index contributed by atoms with van der Waals surface area (Å²) in [5.41, 5.74) is 0. The normalized spacial score (nSPS) is 21.0. The van der Waals surface area contributed by atoms with Crippen LogP contribution in [0.1, 0.15) is 13.3 Å². The Morgan fingerprint density at radius 1 is 1.56 bits per heavy atom. The van der Waals surface area contributed by atoms with E-state index in [9.17, 15) is 4.79 Å². The van der Waals surface area contributed by atoms with Crippen molar-refractivity contribution in [2.24, 2.45) is 5.92 Å². The highest BCUT2D eigenvalue weighted by Crippen LogP contribution is 2.18. The molecule has 1 saturated heterocycles. The van der Waals surface area contributed by atoms with E-state index in [-0.39, 0.29) is 5.92 Å². The predicted octanol–water partition coefficient (Wildman–Crippen LogP) is 0.900. The summed E-state index contributed by atoms with van der Waals surface area (Å²) in [6, 6.07) is 1.71. The summed E-state index contributed by atoms with van der Waals surface area (Å²) in [5, 5.41) is 0. The number of rotatable bonds is 2. The Morgan fingerprint density at radius 2 is 2.38 bits per heavy atom. The molecule has 0 saturated carbocycles. The lowest BCUT2D eigenvalue weighted by molar-refractivity contribution is -0.122. The van der Waals surface area contributed by atoms with Crippen molar-refractivity contribution in [2.75, 3.05) is 25.1 Å². The van der Waals surface area contributed by atoms with Gasteiger partial charge in [-0.25, -0.2) is 4.98 Å². The fraction of sp³-hybridized carbons (Fsp3) is 0.545. The minimum Gasteiger partial charge on any atom is -0.481 e. The van der Waals surface area contributed by atoms with Gasteiger partial charge in [0.15, 0.2) is 0 Å². The van der Waals surface area contributed by atoms with Crippen molar-refractivity contribution in [1.82, 2.24) is 9.97 Å². The Balaban J connectivity index is 2.15. The first-order valence-corrected chi connectivity index (χ1v) is 5.35. The molecule has 0 aliphatic carbocycles. The van der Waals surface area contributed by atoms with Gasteiger partial charge in [0.1, 0.15) is 5.78 Å². The third-order valence-electron chi connectivity index (χ3n) is 2.78. The summed E-state index contributed by atoms with van der Waals surface area (Å²) in [6.07, 6.45) is 2.24. The monoisotopic (exact) mass is 221 g/mol. The molecule has 0 amide bonds. The summed E-state index contributed by atoms with van der Waals surface area (Å²) < 4.78 is 5.05. The van der Waals surface area contributed by atoms with Crippen molar-refractivity contribution in [1.29, 1.82) is 0 Å². The van der Waals surface area contributed by atoms with Crippen LogP contribution >= 0.6 is 0 Å². The van der Waals surface area contributed by atoms with Crippen molar-refractivity contribution in [3.63, 3.8) is 0 Å². The van der Waals surface area contributed by atoms with Crippen molar-refractivity contribution in [3.05, 3.63) is 12.3 Å². The molecule has 0 radical (unpaired) electrons. The summed E-state index contributed by atoms with van der Waals surface area (Å²) in [5.74, 6) is 1.57. The summed E-state index contributed by atoms with van der Waals surface area (Å²) >= 11 is 0. The van der Waals surface area contributed by atoms with Gasteiger partial charge < -0.3 is 9.64 Å². The third kappa shape index (κ3) is 2.13. The molecule has 5 heteroatoms. The number of Topliss-reactive ketones (excluding diaryl/α,β-unsaturated/α-hetero) is 1. The second kappa shape index (κ2) is 4.47. The van der Waals surface area contributed by atoms with Gasteiger partial charge in [-0.1, -0.05) is 6.92 Å². The zero-order valence-electron chi connectivity index (χ0n) is 9.51. The molecule has 1 aliphatic rings. The maximum Gasteiger partial charge on any atom is 0.228 e. The number of carbonyl (C=O) groups is 1. The third-order valence-corrected chi connectivity index (χ3v) is 2.78. The van der Waals surface area contributed by atoms with Gasteiger partial charge in [-0.15, -0.1) is 0 Å². The number of hydrogen-bond donors (Lipinski definition) is 0. The Hall–Kier alpha value is -1.65. The van der Waals surface area contributed by atoms with Crippen LogP contribution < -0.4 is 9.64 Å². The number of hydrogen-bond acceptors (Lipinski definition) is 5. The zero-order valence-corrected chi connectivity index (χ0v) is 9.51. The van der Waals surface area contributed by atoms with Gasteiger partial charge >= 0.3 is 0 Å². The van der Waals surface area contributed by atoms with E-state index in [1.165, 1.54) is 0 Å². The lowest BCUT2D eigenvalue weighted by Gasteiger charge is -2.29. The van der Waals surface area contributed by atoms with Gasteiger partial charge in [0.25, 0.3) is 0 Å². The molecule has 1 aromatic heterocycles. The van der Waals surface area contributed by atoms with E-state index in [1.807, 2.05) is 11.8 Å². The quantitative estimate of drug-likeness (QED) is 0.742. The van der Waals surface area contributed by atoms with Crippen LogP contribution in [0.5, 0.6) is 5.88 Å². The average molecular weight is 221 g/mol. The minimum atomic E-state index is 0.0588. The minimum absolute atomic E-state index is 0.0588. The number of aromatic nitrogens is 2. The van der Waals surface area contributed by atoms with Gasteiger partial charge in [-0.05, 0) is 0 Å². The molecule has 5 nitrogen and oxygen atoms in total. The Morgan fingerprint density at radius 3 is 3.06 bits per heavy atom.